The molecule has 10 nitrogen and oxygen atoms in total. The van der Waals surface area contributed by atoms with Gasteiger partial charge in [-0.1, -0.05) is 25.0 Å². The molecule has 2 aliphatic heterocycles. The van der Waals surface area contributed by atoms with E-state index in [1.807, 2.05) is 17.0 Å². The van der Waals surface area contributed by atoms with E-state index in [2.05, 4.69) is 21.7 Å². The standard InChI is InChI=1S/C31H39N5O5S/c1-32-29(38)22-6-2-3-7-23(22)30(39)36-14-11-19-5-4-8-25(27(19)24(36)15-34-28(37)20-9-10-20)41-21-12-13-35(17-21)31(40)26-16-33-18-42-26/h4-5,8,16,18,20-24H,2-3,6-7,9-15,17H2,1H3,(H,32,38)(H,34,37)/t21?,22-,23?,24-/m1/s1. The number of thiazole rings is 1. The fourth-order valence-corrected chi connectivity index (χ4v) is 7.40. The van der Waals surface area contributed by atoms with Crippen LogP contribution in [0.4, 0.5) is 0 Å². The van der Waals surface area contributed by atoms with Crippen molar-refractivity contribution in [2.45, 2.75) is 63.5 Å². The maximum atomic E-state index is 14.2. The molecule has 4 amide bonds. The van der Waals surface area contributed by atoms with Crippen LogP contribution in [0.5, 0.6) is 5.75 Å². The molecule has 0 radical (unpaired) electrons. The normalized spacial score (nSPS) is 25.5. The lowest BCUT2D eigenvalue weighted by Crippen LogP contribution is -2.50. The summed E-state index contributed by atoms with van der Waals surface area (Å²) >= 11 is 1.33. The van der Waals surface area contributed by atoms with E-state index < -0.39 is 6.04 Å². The molecule has 2 saturated carbocycles. The molecule has 4 atom stereocenters. The molecule has 0 bridgehead atoms. The summed E-state index contributed by atoms with van der Waals surface area (Å²) in [6.45, 7) is 1.90. The summed E-state index contributed by atoms with van der Waals surface area (Å²) in [7, 11) is 1.63. The molecule has 11 heteroatoms. The van der Waals surface area contributed by atoms with E-state index in [1.165, 1.54) is 11.3 Å². The van der Waals surface area contributed by atoms with Gasteiger partial charge in [-0.3, -0.25) is 24.2 Å². The first-order chi connectivity index (χ1) is 20.4. The van der Waals surface area contributed by atoms with Gasteiger partial charge in [-0.05, 0) is 43.7 Å². The molecule has 2 N–H and O–H groups in total. The Hall–Kier alpha value is -3.47. The largest absolute Gasteiger partial charge is 0.488 e. The Morgan fingerprint density at radius 1 is 1.02 bits per heavy atom. The fourth-order valence-electron chi connectivity index (χ4n) is 6.81. The number of carbonyl (C=O) groups is 4. The summed E-state index contributed by atoms with van der Waals surface area (Å²) in [5.74, 6) is -0.0681. The third kappa shape index (κ3) is 5.88. The smallest absolute Gasteiger partial charge is 0.265 e. The van der Waals surface area contributed by atoms with Crippen LogP contribution in [-0.2, 0) is 20.8 Å². The highest BCUT2D eigenvalue weighted by Gasteiger charge is 2.42. The van der Waals surface area contributed by atoms with Crippen molar-refractivity contribution in [1.29, 1.82) is 0 Å². The minimum atomic E-state index is -0.399. The third-order valence-electron chi connectivity index (χ3n) is 9.22. The number of nitrogens with zero attached hydrogens (tertiary/aromatic N) is 3. The summed E-state index contributed by atoms with van der Waals surface area (Å²) in [5.41, 5.74) is 3.68. The fraction of sp³-hybridized carbons (Fsp3) is 0.581. The van der Waals surface area contributed by atoms with Crippen LogP contribution >= 0.6 is 11.3 Å². The molecule has 1 aromatic carbocycles. The van der Waals surface area contributed by atoms with Crippen LogP contribution in [0.1, 0.15) is 71.8 Å². The lowest BCUT2D eigenvalue weighted by molar-refractivity contribution is -0.146. The molecule has 0 spiro atoms. The first-order valence-corrected chi connectivity index (χ1v) is 16.1. The van der Waals surface area contributed by atoms with E-state index in [4.69, 9.17) is 4.74 Å². The molecule has 1 saturated heterocycles. The topological polar surface area (TPSA) is 121 Å². The molecule has 42 heavy (non-hydrogen) atoms. The van der Waals surface area contributed by atoms with Gasteiger partial charge in [0, 0.05) is 56.4 Å². The summed E-state index contributed by atoms with van der Waals surface area (Å²) in [6, 6.07) is 5.58. The minimum absolute atomic E-state index is 0.0170. The average molecular weight is 594 g/mol. The number of rotatable bonds is 8. The van der Waals surface area contributed by atoms with Gasteiger partial charge in [0.1, 0.15) is 16.7 Å². The van der Waals surface area contributed by atoms with Gasteiger partial charge < -0.3 is 25.2 Å². The van der Waals surface area contributed by atoms with Crippen LogP contribution in [0, 0.1) is 17.8 Å². The van der Waals surface area contributed by atoms with Crippen molar-refractivity contribution in [3.8, 4) is 5.75 Å². The van der Waals surface area contributed by atoms with E-state index in [-0.39, 0.29) is 47.5 Å². The van der Waals surface area contributed by atoms with E-state index in [1.54, 1.807) is 23.7 Å². The molecule has 2 unspecified atom stereocenters. The average Bonchev–Trinajstić information content (AvgIpc) is 3.52. The molecule has 3 heterocycles. The Bertz CT molecular complexity index is 1330. The number of hydrogen-bond acceptors (Lipinski definition) is 7. The zero-order chi connectivity index (χ0) is 29.2. The van der Waals surface area contributed by atoms with E-state index in [0.717, 1.165) is 36.8 Å². The molecule has 6 rings (SSSR count). The highest BCUT2D eigenvalue weighted by Crippen LogP contribution is 2.41. The molecule has 4 aliphatic rings. The Labute approximate surface area is 250 Å². The number of aromatic nitrogens is 1. The van der Waals surface area contributed by atoms with E-state index in [9.17, 15) is 19.2 Å². The quantitative estimate of drug-likeness (QED) is 0.486. The van der Waals surface area contributed by atoms with Crippen molar-refractivity contribution in [1.82, 2.24) is 25.4 Å². The first kappa shape index (κ1) is 28.6. The summed E-state index contributed by atoms with van der Waals surface area (Å²) < 4.78 is 6.60. The second-order valence-electron chi connectivity index (χ2n) is 11.9. The lowest BCUT2D eigenvalue weighted by atomic mass is 9.77. The number of carbonyl (C=O) groups excluding carboxylic acids is 4. The van der Waals surface area contributed by atoms with Crippen molar-refractivity contribution in [3.05, 3.63) is 45.9 Å². The molecule has 1 aromatic heterocycles. The van der Waals surface area contributed by atoms with E-state index >= 15 is 0 Å². The molecule has 2 aliphatic carbocycles. The Kier molecular flexibility index (Phi) is 8.46. The maximum absolute atomic E-state index is 14.2. The molecule has 3 fully saturated rings. The first-order valence-electron chi connectivity index (χ1n) is 15.2. The van der Waals surface area contributed by atoms with Gasteiger partial charge in [0.2, 0.25) is 17.7 Å². The SMILES string of the molecule is CNC(=O)[C@@H]1CCCCC1C(=O)N1CCc2cccc(OC3CCN(C(=O)c4cncs4)C3)c2[C@H]1CNC(=O)C1CC1. The van der Waals surface area contributed by atoms with Crippen molar-refractivity contribution in [3.63, 3.8) is 0 Å². The highest BCUT2D eigenvalue weighted by atomic mass is 32.1. The molecule has 224 valence electrons. The van der Waals surface area contributed by atoms with Gasteiger partial charge in [-0.2, -0.15) is 0 Å². The van der Waals surface area contributed by atoms with Crippen LogP contribution in [0.15, 0.2) is 29.9 Å². The summed E-state index contributed by atoms with van der Waals surface area (Å²) in [4.78, 5) is 61.0. The van der Waals surface area contributed by atoms with Crippen molar-refractivity contribution < 1.29 is 23.9 Å². The van der Waals surface area contributed by atoms with Crippen LogP contribution < -0.4 is 15.4 Å². The van der Waals surface area contributed by atoms with Crippen LogP contribution in [0.3, 0.4) is 0 Å². The lowest BCUT2D eigenvalue weighted by Gasteiger charge is -2.42. The van der Waals surface area contributed by atoms with Gasteiger partial charge in [-0.25, -0.2) is 0 Å². The highest BCUT2D eigenvalue weighted by molar-refractivity contribution is 7.11. The minimum Gasteiger partial charge on any atom is -0.488 e. The van der Waals surface area contributed by atoms with Crippen LogP contribution in [-0.4, -0.2) is 77.7 Å². The Balaban J connectivity index is 1.25. The Morgan fingerprint density at radius 2 is 1.83 bits per heavy atom. The predicted octanol–water partition coefficient (Wildman–Crippen LogP) is 2.94. The van der Waals surface area contributed by atoms with Gasteiger partial charge in [0.15, 0.2) is 0 Å². The van der Waals surface area contributed by atoms with Crippen LogP contribution in [0.25, 0.3) is 0 Å². The van der Waals surface area contributed by atoms with Gasteiger partial charge in [0.05, 0.1) is 24.3 Å². The monoisotopic (exact) mass is 593 g/mol. The van der Waals surface area contributed by atoms with Gasteiger partial charge >= 0.3 is 0 Å². The predicted molar refractivity (Wildman–Crippen MR) is 157 cm³/mol. The van der Waals surface area contributed by atoms with Crippen LogP contribution in [0.2, 0.25) is 0 Å². The summed E-state index contributed by atoms with van der Waals surface area (Å²) in [6.07, 6.45) is 7.84. The number of fused-ring (bicyclic) bond motifs is 1. The molecule has 2 aromatic rings. The second-order valence-corrected chi connectivity index (χ2v) is 12.8. The number of hydrogen-bond donors (Lipinski definition) is 2. The van der Waals surface area contributed by atoms with Crippen molar-refractivity contribution in [2.75, 3.05) is 33.2 Å². The zero-order valence-corrected chi connectivity index (χ0v) is 24.9. The number of likely N-dealkylation sites (tertiary alicyclic amines) is 1. The van der Waals surface area contributed by atoms with Gasteiger partial charge in [0.25, 0.3) is 5.91 Å². The molecular weight excluding hydrogens is 554 g/mol. The number of nitrogens with one attached hydrogen (secondary N) is 2. The third-order valence-corrected chi connectivity index (χ3v) is 9.99. The number of ether oxygens (including phenoxy) is 1. The molecular formula is C31H39N5O5S. The van der Waals surface area contributed by atoms with Crippen molar-refractivity contribution >= 4 is 35.0 Å². The second kappa shape index (κ2) is 12.4. The van der Waals surface area contributed by atoms with E-state index in [0.29, 0.717) is 62.5 Å². The number of amides is 4. The maximum Gasteiger partial charge on any atom is 0.265 e. The Morgan fingerprint density at radius 3 is 2.57 bits per heavy atom. The van der Waals surface area contributed by atoms with Crippen molar-refractivity contribution in [2.24, 2.45) is 17.8 Å². The zero-order valence-electron chi connectivity index (χ0n) is 24.0. The van der Waals surface area contributed by atoms with Gasteiger partial charge in [-0.15, -0.1) is 11.3 Å². The summed E-state index contributed by atoms with van der Waals surface area (Å²) in [5, 5.41) is 5.88. The number of benzene rings is 1.